The number of aliphatic hydroxyl groups is 1. The maximum atomic E-state index is 12.3. The number of fused-ring (bicyclic) bond motifs is 1. The summed E-state index contributed by atoms with van der Waals surface area (Å²) in [6.07, 6.45) is -0.541. The lowest BCUT2D eigenvalue weighted by Crippen LogP contribution is -2.26. The van der Waals surface area contributed by atoms with Gasteiger partial charge in [0.05, 0.1) is 11.0 Å². The molecule has 25 heavy (non-hydrogen) atoms. The lowest BCUT2D eigenvalue weighted by molar-refractivity contribution is 0.166. The van der Waals surface area contributed by atoms with E-state index in [-0.39, 0.29) is 24.7 Å². The first-order valence-electron chi connectivity index (χ1n) is 8.01. The Morgan fingerprint density at radius 3 is 2.60 bits per heavy atom. The van der Waals surface area contributed by atoms with E-state index in [9.17, 15) is 13.5 Å². The second kappa shape index (κ2) is 7.03. The normalized spacial score (nSPS) is 14.5. The summed E-state index contributed by atoms with van der Waals surface area (Å²) < 4.78 is 37.7. The third-order valence-corrected chi connectivity index (χ3v) is 5.74. The zero-order valence-electron chi connectivity index (χ0n) is 14.2. The summed E-state index contributed by atoms with van der Waals surface area (Å²) in [6, 6.07) is 10.2. The minimum absolute atomic E-state index is 0.130. The zero-order valence-corrected chi connectivity index (χ0v) is 15.0. The number of rotatable bonds is 6. The molecule has 2 aromatic carbocycles. The Labute approximate surface area is 147 Å². The molecule has 2 N–H and O–H groups in total. The third-order valence-electron chi connectivity index (χ3n) is 4.28. The van der Waals surface area contributed by atoms with Gasteiger partial charge in [-0.15, -0.1) is 0 Å². The molecule has 0 radical (unpaired) electrons. The Balaban J connectivity index is 1.60. The van der Waals surface area contributed by atoms with Crippen LogP contribution in [0.1, 0.15) is 29.2 Å². The van der Waals surface area contributed by atoms with Gasteiger partial charge in [0.25, 0.3) is 0 Å². The van der Waals surface area contributed by atoms with Gasteiger partial charge < -0.3 is 14.6 Å². The second-order valence-corrected chi connectivity index (χ2v) is 7.83. The van der Waals surface area contributed by atoms with Crippen LogP contribution in [0.25, 0.3) is 0 Å². The van der Waals surface area contributed by atoms with Crippen molar-refractivity contribution in [1.82, 2.24) is 4.72 Å². The summed E-state index contributed by atoms with van der Waals surface area (Å²) in [5.41, 5.74) is 2.62. The molecule has 1 aliphatic rings. The Morgan fingerprint density at radius 1 is 1.08 bits per heavy atom. The summed E-state index contributed by atoms with van der Waals surface area (Å²) >= 11 is 0. The van der Waals surface area contributed by atoms with E-state index in [4.69, 9.17) is 9.47 Å². The first kappa shape index (κ1) is 17.7. The molecule has 1 aliphatic heterocycles. The zero-order chi connectivity index (χ0) is 18.0. The van der Waals surface area contributed by atoms with E-state index in [1.807, 2.05) is 13.8 Å². The summed E-state index contributed by atoms with van der Waals surface area (Å²) in [4.78, 5) is 0.230. The van der Waals surface area contributed by atoms with Crippen LogP contribution in [-0.2, 0) is 10.0 Å². The van der Waals surface area contributed by atoms with E-state index in [0.29, 0.717) is 17.1 Å². The molecule has 0 saturated carbocycles. The highest BCUT2D eigenvalue weighted by atomic mass is 32.2. The van der Waals surface area contributed by atoms with Gasteiger partial charge >= 0.3 is 0 Å². The van der Waals surface area contributed by atoms with Gasteiger partial charge in [-0.25, -0.2) is 13.1 Å². The van der Waals surface area contributed by atoms with Gasteiger partial charge in [0.1, 0.15) is 0 Å². The summed E-state index contributed by atoms with van der Waals surface area (Å²) in [7, 11) is -3.59. The van der Waals surface area contributed by atoms with Crippen molar-refractivity contribution >= 4 is 10.0 Å². The van der Waals surface area contributed by atoms with Crippen LogP contribution in [-0.4, -0.2) is 26.9 Å². The fourth-order valence-electron chi connectivity index (χ4n) is 2.58. The van der Waals surface area contributed by atoms with Crippen LogP contribution in [0.4, 0.5) is 0 Å². The van der Waals surface area contributed by atoms with Crippen LogP contribution in [0.2, 0.25) is 0 Å². The van der Waals surface area contributed by atoms with Gasteiger partial charge in [0, 0.05) is 6.54 Å². The van der Waals surface area contributed by atoms with Crippen molar-refractivity contribution in [3.63, 3.8) is 0 Å². The van der Waals surface area contributed by atoms with Gasteiger partial charge in [-0.1, -0.05) is 12.1 Å². The molecule has 0 amide bonds. The summed E-state index contributed by atoms with van der Waals surface area (Å²) in [5.74, 6) is 1.23. The maximum absolute atomic E-state index is 12.3. The predicted octanol–water partition coefficient (Wildman–Crippen LogP) is 2.43. The van der Waals surface area contributed by atoms with E-state index >= 15 is 0 Å². The van der Waals surface area contributed by atoms with Gasteiger partial charge in [-0.3, -0.25) is 0 Å². The van der Waals surface area contributed by atoms with Crippen molar-refractivity contribution < 1.29 is 23.0 Å². The van der Waals surface area contributed by atoms with Crippen LogP contribution < -0.4 is 14.2 Å². The monoisotopic (exact) mass is 363 g/mol. The molecule has 0 spiro atoms. The van der Waals surface area contributed by atoms with E-state index in [2.05, 4.69) is 4.72 Å². The molecule has 1 heterocycles. The van der Waals surface area contributed by atoms with Gasteiger partial charge in [-0.05, 0) is 61.2 Å². The number of aliphatic hydroxyl groups excluding tert-OH is 1. The van der Waals surface area contributed by atoms with Crippen LogP contribution in [0, 0.1) is 13.8 Å². The Bertz CT molecular complexity index is 879. The minimum Gasteiger partial charge on any atom is -0.454 e. The van der Waals surface area contributed by atoms with E-state index < -0.39 is 16.1 Å². The number of sulfonamides is 1. The predicted molar refractivity (Wildman–Crippen MR) is 93.2 cm³/mol. The van der Waals surface area contributed by atoms with Gasteiger partial charge in [-0.2, -0.15) is 0 Å². The van der Waals surface area contributed by atoms with Crippen LogP contribution in [0.5, 0.6) is 11.5 Å². The van der Waals surface area contributed by atoms with Crippen LogP contribution in [0.15, 0.2) is 41.3 Å². The smallest absolute Gasteiger partial charge is 0.240 e. The standard InChI is InChI=1S/C18H21NO5S/c1-12-3-5-15(9-13(12)2)25(21,22)19-8-7-16(20)14-4-6-17-18(10-14)24-11-23-17/h3-6,9-10,16,19-20H,7-8,11H2,1-2H3. The molecular weight excluding hydrogens is 342 g/mol. The molecule has 0 aliphatic carbocycles. The topological polar surface area (TPSA) is 84.9 Å². The Hall–Kier alpha value is -2.09. The number of hydrogen-bond donors (Lipinski definition) is 2. The summed E-state index contributed by atoms with van der Waals surface area (Å²) in [6.45, 7) is 4.11. The molecule has 3 rings (SSSR count). The SMILES string of the molecule is Cc1ccc(S(=O)(=O)NCCC(O)c2ccc3c(c2)OCO3)cc1C. The maximum Gasteiger partial charge on any atom is 0.240 e. The number of hydrogen-bond acceptors (Lipinski definition) is 5. The largest absolute Gasteiger partial charge is 0.454 e. The first-order valence-corrected chi connectivity index (χ1v) is 9.50. The average molecular weight is 363 g/mol. The number of nitrogens with one attached hydrogen (secondary N) is 1. The van der Waals surface area contributed by atoms with E-state index in [0.717, 1.165) is 11.1 Å². The number of ether oxygens (including phenoxy) is 2. The van der Waals surface area contributed by atoms with Crippen molar-refractivity contribution in [2.75, 3.05) is 13.3 Å². The molecule has 134 valence electrons. The van der Waals surface area contributed by atoms with Crippen molar-refractivity contribution in [3.05, 3.63) is 53.1 Å². The highest BCUT2D eigenvalue weighted by Crippen LogP contribution is 2.34. The van der Waals surface area contributed by atoms with E-state index in [1.54, 1.807) is 36.4 Å². The average Bonchev–Trinajstić information content (AvgIpc) is 3.04. The van der Waals surface area contributed by atoms with Crippen LogP contribution >= 0.6 is 0 Å². The lowest BCUT2D eigenvalue weighted by Gasteiger charge is -2.13. The Morgan fingerprint density at radius 2 is 1.84 bits per heavy atom. The molecule has 1 atom stereocenters. The quantitative estimate of drug-likeness (QED) is 0.823. The molecule has 0 fully saturated rings. The molecule has 1 unspecified atom stereocenters. The van der Waals surface area contributed by atoms with Gasteiger partial charge in [0.15, 0.2) is 11.5 Å². The minimum atomic E-state index is -3.59. The van der Waals surface area contributed by atoms with Crippen molar-refractivity contribution in [2.45, 2.75) is 31.3 Å². The molecule has 6 nitrogen and oxygen atoms in total. The fourth-order valence-corrected chi connectivity index (χ4v) is 3.71. The number of aryl methyl sites for hydroxylation is 2. The Kier molecular flexibility index (Phi) is 4.99. The first-order chi connectivity index (χ1) is 11.9. The number of benzene rings is 2. The second-order valence-electron chi connectivity index (χ2n) is 6.06. The molecule has 2 aromatic rings. The van der Waals surface area contributed by atoms with Crippen molar-refractivity contribution in [2.24, 2.45) is 0 Å². The third kappa shape index (κ3) is 3.95. The van der Waals surface area contributed by atoms with Crippen molar-refractivity contribution in [3.8, 4) is 11.5 Å². The van der Waals surface area contributed by atoms with Crippen molar-refractivity contribution in [1.29, 1.82) is 0 Å². The lowest BCUT2D eigenvalue weighted by atomic mass is 10.1. The molecular formula is C18H21NO5S. The summed E-state index contributed by atoms with van der Waals surface area (Å²) in [5, 5.41) is 10.3. The highest BCUT2D eigenvalue weighted by Gasteiger charge is 2.18. The van der Waals surface area contributed by atoms with Crippen LogP contribution in [0.3, 0.4) is 0 Å². The molecule has 7 heteroatoms. The fraction of sp³-hybridized carbons (Fsp3) is 0.333. The van der Waals surface area contributed by atoms with Gasteiger partial charge in [0.2, 0.25) is 16.8 Å². The molecule has 0 bridgehead atoms. The molecule has 0 saturated heterocycles. The highest BCUT2D eigenvalue weighted by molar-refractivity contribution is 7.89. The molecule has 0 aromatic heterocycles. The van der Waals surface area contributed by atoms with E-state index in [1.165, 1.54) is 0 Å².